The summed E-state index contributed by atoms with van der Waals surface area (Å²) in [5.74, 6) is -0.687. The molecule has 0 spiro atoms. The van der Waals surface area contributed by atoms with E-state index in [1.165, 1.54) is 11.8 Å². The van der Waals surface area contributed by atoms with Crippen molar-refractivity contribution >= 4 is 23.6 Å². The lowest BCUT2D eigenvalue weighted by molar-refractivity contribution is -0.245. The van der Waals surface area contributed by atoms with Crippen molar-refractivity contribution in [2.75, 3.05) is 5.75 Å². The quantitative estimate of drug-likeness (QED) is 0.135. The molecular weight excluding hydrogens is 630 g/mol. The molecule has 1 aromatic heterocycles. The summed E-state index contributed by atoms with van der Waals surface area (Å²) in [6, 6.07) is 33.4. The van der Waals surface area contributed by atoms with E-state index in [9.17, 15) is 14.7 Å². The van der Waals surface area contributed by atoms with E-state index in [0.717, 1.165) is 39.1 Å². The molecule has 0 radical (unpaired) electrons. The first-order chi connectivity index (χ1) is 23.4. The van der Waals surface area contributed by atoms with Gasteiger partial charge in [-0.2, -0.15) is 4.68 Å². The first kappa shape index (κ1) is 33.0. The molecule has 11 nitrogen and oxygen atoms in total. The molecular formula is C36H35N5O6S. The van der Waals surface area contributed by atoms with Crippen LogP contribution >= 0.6 is 11.8 Å². The highest BCUT2D eigenvalue weighted by Gasteiger charge is 2.32. The molecule has 4 aromatic carbocycles. The molecule has 6 rings (SSSR count). The van der Waals surface area contributed by atoms with Crippen LogP contribution in [0.5, 0.6) is 0 Å². The number of nitrogens with zero attached hydrogens (tertiary/aromatic N) is 4. The van der Waals surface area contributed by atoms with Crippen LogP contribution in [0.25, 0.3) is 16.8 Å². The first-order valence-electron chi connectivity index (χ1n) is 15.6. The van der Waals surface area contributed by atoms with Gasteiger partial charge < -0.3 is 25.0 Å². The lowest BCUT2D eigenvalue weighted by Crippen LogP contribution is -2.31. The molecule has 12 heteroatoms. The van der Waals surface area contributed by atoms with Crippen LogP contribution in [0.3, 0.4) is 0 Å². The van der Waals surface area contributed by atoms with Gasteiger partial charge in [0.1, 0.15) is 0 Å². The van der Waals surface area contributed by atoms with E-state index in [2.05, 4.69) is 20.8 Å². The van der Waals surface area contributed by atoms with Gasteiger partial charge in [0.15, 0.2) is 6.29 Å². The lowest BCUT2D eigenvalue weighted by Gasteiger charge is -2.36. The number of para-hydroxylation sites is 1. The summed E-state index contributed by atoms with van der Waals surface area (Å²) in [4.78, 5) is 22.7. The smallest absolute Gasteiger partial charge is 0.303 e. The number of ether oxygens (including phenoxy) is 2. The van der Waals surface area contributed by atoms with E-state index < -0.39 is 12.3 Å². The lowest BCUT2D eigenvalue weighted by atomic mass is 9.99. The number of carbonyl (C=O) groups is 2. The van der Waals surface area contributed by atoms with E-state index in [0.29, 0.717) is 23.9 Å². The molecule has 0 unspecified atom stereocenters. The van der Waals surface area contributed by atoms with Gasteiger partial charge in [-0.15, -0.1) is 5.10 Å². The second-order valence-electron chi connectivity index (χ2n) is 11.4. The summed E-state index contributed by atoms with van der Waals surface area (Å²) in [6.45, 7) is 0.287. The zero-order valence-corrected chi connectivity index (χ0v) is 26.8. The Morgan fingerprint density at radius 3 is 2.38 bits per heavy atom. The second kappa shape index (κ2) is 15.8. The zero-order chi connectivity index (χ0) is 33.3. The maximum absolute atomic E-state index is 12.0. The summed E-state index contributed by atoms with van der Waals surface area (Å²) in [5.41, 5.74) is 6.48. The average molecular weight is 666 g/mol. The Bertz CT molecular complexity index is 1820. The minimum absolute atomic E-state index is 0.0242. The zero-order valence-electron chi connectivity index (χ0n) is 26.0. The van der Waals surface area contributed by atoms with Crippen LogP contribution < -0.4 is 5.32 Å². The Balaban J connectivity index is 1.16. The monoisotopic (exact) mass is 665 g/mol. The Hall–Kier alpha value is -4.88. The third-order valence-electron chi connectivity index (χ3n) is 7.95. The molecule has 1 aliphatic rings. The number of carboxylic acids is 1. The van der Waals surface area contributed by atoms with E-state index in [1.807, 2.05) is 103 Å². The molecule has 5 aromatic rings. The van der Waals surface area contributed by atoms with E-state index in [-0.39, 0.29) is 37.6 Å². The van der Waals surface area contributed by atoms with Gasteiger partial charge in [-0.25, -0.2) is 0 Å². The van der Waals surface area contributed by atoms with Gasteiger partial charge in [0.2, 0.25) is 11.1 Å². The van der Waals surface area contributed by atoms with E-state index in [1.54, 1.807) is 4.68 Å². The van der Waals surface area contributed by atoms with Crippen molar-refractivity contribution in [2.24, 2.45) is 0 Å². The maximum atomic E-state index is 12.0. The predicted octanol–water partition coefficient (Wildman–Crippen LogP) is 5.64. The fourth-order valence-electron chi connectivity index (χ4n) is 5.39. The van der Waals surface area contributed by atoms with Gasteiger partial charge in [-0.1, -0.05) is 96.7 Å². The molecule has 246 valence electrons. The molecule has 48 heavy (non-hydrogen) atoms. The molecule has 1 amide bonds. The topological polar surface area (TPSA) is 149 Å². The molecule has 0 bridgehead atoms. The number of nitrogens with one attached hydrogen (secondary N) is 1. The molecule has 3 N–H and O–H groups in total. The number of hydrogen-bond donors (Lipinski definition) is 3. The molecule has 1 aliphatic heterocycles. The molecule has 1 saturated heterocycles. The maximum Gasteiger partial charge on any atom is 0.303 e. The summed E-state index contributed by atoms with van der Waals surface area (Å²) >= 11 is 1.53. The summed E-state index contributed by atoms with van der Waals surface area (Å²) in [5, 5.41) is 34.1. The Labute approximate surface area is 281 Å². The fourth-order valence-corrected chi connectivity index (χ4v) is 6.30. The number of aliphatic hydroxyl groups is 1. The number of benzene rings is 4. The number of carbonyl (C=O) groups excluding carboxylic acids is 1. The van der Waals surface area contributed by atoms with Gasteiger partial charge >= 0.3 is 5.97 Å². The molecule has 3 atom stereocenters. The predicted molar refractivity (Wildman–Crippen MR) is 179 cm³/mol. The number of amides is 1. The number of carboxylic acid groups (broad SMARTS) is 1. The number of thioether (sulfide) groups is 1. The van der Waals surface area contributed by atoms with Crippen molar-refractivity contribution in [3.05, 3.63) is 125 Å². The van der Waals surface area contributed by atoms with Crippen molar-refractivity contribution in [3.8, 4) is 16.8 Å². The van der Waals surface area contributed by atoms with Crippen LogP contribution in [-0.4, -0.2) is 54.2 Å². The van der Waals surface area contributed by atoms with Gasteiger partial charge in [0, 0.05) is 30.7 Å². The van der Waals surface area contributed by atoms with Crippen molar-refractivity contribution in [2.45, 2.75) is 56.1 Å². The Kier molecular flexibility index (Phi) is 10.9. The molecule has 1 fully saturated rings. The molecule has 0 aliphatic carbocycles. The number of tetrazole rings is 1. The first-order valence-corrected chi connectivity index (χ1v) is 16.6. The van der Waals surface area contributed by atoms with Crippen molar-refractivity contribution < 1.29 is 29.3 Å². The third kappa shape index (κ3) is 8.52. The SMILES string of the molecule is O=C(O)CCC(=O)NCc1cccc(-c2ccc([C@@H]3O[C@H](CSc4nnnn4-c4ccccc4)C[C@H](c4ccc(CO)cc4)O3)cc2)c1. The number of aromatic nitrogens is 4. The standard InChI is InChI=1S/C36H35N5O6S/c42-22-24-9-11-27(12-10-24)32-20-31(23-48-36-38-39-40-41(36)30-7-2-1-3-8-30)46-35(47-32)28-15-13-26(14-16-28)29-6-4-5-25(19-29)21-37-33(43)17-18-34(44)45/h1-16,19,31-32,35,42H,17-18,20-23H2,(H,37,43)(H,44,45)/t31-,32+,35+/m0/s1. The van der Waals surface area contributed by atoms with Gasteiger partial charge in [-0.05, 0) is 56.4 Å². The van der Waals surface area contributed by atoms with Crippen molar-refractivity contribution in [1.82, 2.24) is 25.5 Å². The largest absolute Gasteiger partial charge is 0.481 e. The van der Waals surface area contributed by atoms with Gasteiger partial charge in [0.05, 0.1) is 30.9 Å². The summed E-state index contributed by atoms with van der Waals surface area (Å²) in [6.07, 6.45) is -0.626. The highest BCUT2D eigenvalue weighted by molar-refractivity contribution is 7.99. The van der Waals surface area contributed by atoms with Crippen molar-refractivity contribution in [1.29, 1.82) is 0 Å². The summed E-state index contributed by atoms with van der Waals surface area (Å²) < 4.78 is 14.8. The highest BCUT2D eigenvalue weighted by Crippen LogP contribution is 2.40. The minimum atomic E-state index is -0.997. The van der Waals surface area contributed by atoms with Crippen LogP contribution in [0, 0.1) is 0 Å². The van der Waals surface area contributed by atoms with Crippen molar-refractivity contribution in [3.63, 3.8) is 0 Å². The number of rotatable bonds is 13. The van der Waals surface area contributed by atoms with Crippen LogP contribution in [-0.2, 0) is 32.2 Å². The number of hydrogen-bond acceptors (Lipinski definition) is 9. The number of aliphatic hydroxyl groups excluding tert-OH is 1. The average Bonchev–Trinajstić information content (AvgIpc) is 3.61. The van der Waals surface area contributed by atoms with Gasteiger partial charge in [0.25, 0.3) is 0 Å². The normalized spacial score (nSPS) is 17.6. The minimum Gasteiger partial charge on any atom is -0.481 e. The molecule has 0 saturated carbocycles. The second-order valence-corrected chi connectivity index (χ2v) is 12.3. The number of aliphatic carboxylic acids is 1. The van der Waals surface area contributed by atoms with Crippen LogP contribution in [0.15, 0.2) is 108 Å². The fraction of sp³-hybridized carbons (Fsp3) is 0.250. The third-order valence-corrected chi connectivity index (χ3v) is 9.00. The van der Waals surface area contributed by atoms with E-state index in [4.69, 9.17) is 14.6 Å². The Morgan fingerprint density at radius 1 is 0.854 bits per heavy atom. The van der Waals surface area contributed by atoms with Crippen LogP contribution in [0.4, 0.5) is 0 Å². The highest BCUT2D eigenvalue weighted by atomic mass is 32.2. The molecule has 2 heterocycles. The van der Waals surface area contributed by atoms with Gasteiger partial charge in [-0.3, -0.25) is 9.59 Å². The Morgan fingerprint density at radius 2 is 1.62 bits per heavy atom. The van der Waals surface area contributed by atoms with E-state index >= 15 is 0 Å². The summed E-state index contributed by atoms with van der Waals surface area (Å²) in [7, 11) is 0. The van der Waals surface area contributed by atoms with Crippen LogP contribution in [0.2, 0.25) is 0 Å². The van der Waals surface area contributed by atoms with Crippen LogP contribution in [0.1, 0.15) is 53.9 Å².